The van der Waals surface area contributed by atoms with Crippen LogP contribution in [0.15, 0.2) is 30.5 Å². The van der Waals surface area contributed by atoms with Gasteiger partial charge in [0.25, 0.3) is 0 Å². The molecule has 1 aromatic heterocycles. The Morgan fingerprint density at radius 2 is 2.05 bits per heavy atom. The molecule has 0 N–H and O–H groups in total. The van der Waals surface area contributed by atoms with Crippen LogP contribution in [0.3, 0.4) is 0 Å². The van der Waals surface area contributed by atoms with E-state index in [2.05, 4.69) is 11.9 Å². The Hall–Kier alpha value is -1.41. The molecular formula is C17H19ClN2. The average Bonchev–Trinajstić information content (AvgIpc) is 2.48. The second kappa shape index (κ2) is 5.92. The minimum atomic E-state index is 0.745. The Kier molecular flexibility index (Phi) is 4.02. The molecule has 104 valence electrons. The van der Waals surface area contributed by atoms with Crippen LogP contribution in [-0.4, -0.2) is 9.97 Å². The number of aryl methyl sites for hydroxylation is 1. The zero-order valence-electron chi connectivity index (χ0n) is 11.8. The third-order valence-corrected chi connectivity index (χ3v) is 4.30. The van der Waals surface area contributed by atoms with Gasteiger partial charge < -0.3 is 0 Å². The minimum Gasteiger partial charge on any atom is -0.236 e. The second-order valence-corrected chi connectivity index (χ2v) is 6.01. The van der Waals surface area contributed by atoms with Gasteiger partial charge in [-0.2, -0.15) is 0 Å². The fourth-order valence-electron chi connectivity index (χ4n) is 2.98. The zero-order valence-corrected chi connectivity index (χ0v) is 12.5. The topological polar surface area (TPSA) is 25.8 Å². The average molecular weight is 287 g/mol. The van der Waals surface area contributed by atoms with Crippen molar-refractivity contribution in [2.24, 2.45) is 5.92 Å². The number of hydrogen-bond donors (Lipinski definition) is 0. The molecule has 0 amide bonds. The van der Waals surface area contributed by atoms with Gasteiger partial charge in [-0.1, -0.05) is 31.4 Å². The molecule has 2 aromatic rings. The van der Waals surface area contributed by atoms with Gasteiger partial charge >= 0.3 is 0 Å². The van der Waals surface area contributed by atoms with Crippen molar-refractivity contribution in [3.8, 4) is 11.4 Å². The van der Waals surface area contributed by atoms with E-state index in [1.54, 1.807) is 0 Å². The first kappa shape index (κ1) is 13.6. The van der Waals surface area contributed by atoms with Gasteiger partial charge in [0.1, 0.15) is 0 Å². The maximum atomic E-state index is 5.92. The van der Waals surface area contributed by atoms with E-state index in [4.69, 9.17) is 16.6 Å². The molecule has 20 heavy (non-hydrogen) atoms. The third-order valence-electron chi connectivity index (χ3n) is 4.05. The molecule has 1 aliphatic carbocycles. The van der Waals surface area contributed by atoms with Crippen LogP contribution in [0.25, 0.3) is 11.4 Å². The Balaban J connectivity index is 1.85. The molecule has 1 aliphatic rings. The van der Waals surface area contributed by atoms with Crippen molar-refractivity contribution in [2.75, 3.05) is 0 Å². The molecule has 2 nitrogen and oxygen atoms in total. The maximum Gasteiger partial charge on any atom is 0.159 e. The number of fused-ring (bicyclic) bond motifs is 1. The van der Waals surface area contributed by atoms with E-state index in [0.29, 0.717) is 0 Å². The van der Waals surface area contributed by atoms with Gasteiger partial charge in [-0.25, -0.2) is 9.97 Å². The fourth-order valence-corrected chi connectivity index (χ4v) is 3.10. The van der Waals surface area contributed by atoms with E-state index < -0.39 is 0 Å². The lowest BCUT2D eigenvalue weighted by atomic mass is 9.84. The third kappa shape index (κ3) is 2.85. The highest BCUT2D eigenvalue weighted by Gasteiger charge is 2.20. The number of hydrogen-bond acceptors (Lipinski definition) is 2. The molecule has 0 spiro atoms. The lowest BCUT2D eigenvalue weighted by molar-refractivity contribution is 0.417. The molecule has 0 saturated heterocycles. The summed E-state index contributed by atoms with van der Waals surface area (Å²) in [4.78, 5) is 9.29. The normalized spacial score (nSPS) is 17.8. The number of aromatic nitrogens is 2. The van der Waals surface area contributed by atoms with E-state index in [0.717, 1.165) is 35.2 Å². The molecule has 0 fully saturated rings. The van der Waals surface area contributed by atoms with Gasteiger partial charge in [0, 0.05) is 22.5 Å². The molecule has 3 rings (SSSR count). The summed E-state index contributed by atoms with van der Waals surface area (Å²) in [7, 11) is 0. The summed E-state index contributed by atoms with van der Waals surface area (Å²) in [5, 5.41) is 0.745. The summed E-state index contributed by atoms with van der Waals surface area (Å²) in [6, 6.07) is 7.73. The van der Waals surface area contributed by atoms with Crippen LogP contribution in [-0.2, 0) is 12.8 Å². The molecule has 0 saturated carbocycles. The van der Waals surface area contributed by atoms with Gasteiger partial charge in [0.05, 0.1) is 0 Å². The van der Waals surface area contributed by atoms with Crippen LogP contribution >= 0.6 is 11.6 Å². The quantitative estimate of drug-likeness (QED) is 0.817. The molecular weight excluding hydrogens is 268 g/mol. The van der Waals surface area contributed by atoms with Crippen molar-refractivity contribution in [1.29, 1.82) is 0 Å². The molecule has 1 atom stereocenters. The van der Waals surface area contributed by atoms with Crippen LogP contribution < -0.4 is 0 Å². The Bertz CT molecular complexity index is 592. The molecule has 0 bridgehead atoms. The summed E-state index contributed by atoms with van der Waals surface area (Å²) in [6.07, 6.45) is 8.10. The van der Waals surface area contributed by atoms with Crippen molar-refractivity contribution >= 4 is 11.6 Å². The summed E-state index contributed by atoms with van der Waals surface area (Å²) >= 11 is 5.92. The Morgan fingerprint density at radius 1 is 1.25 bits per heavy atom. The van der Waals surface area contributed by atoms with E-state index in [-0.39, 0.29) is 0 Å². The lowest BCUT2D eigenvalue weighted by Crippen LogP contribution is -2.16. The van der Waals surface area contributed by atoms with Crippen molar-refractivity contribution in [1.82, 2.24) is 9.97 Å². The van der Waals surface area contributed by atoms with Gasteiger partial charge in [-0.05, 0) is 55.0 Å². The number of nitrogens with zero attached hydrogens (tertiary/aromatic N) is 2. The first-order chi connectivity index (χ1) is 9.76. The summed E-state index contributed by atoms with van der Waals surface area (Å²) < 4.78 is 0. The van der Waals surface area contributed by atoms with E-state index >= 15 is 0 Å². The minimum absolute atomic E-state index is 0.745. The lowest BCUT2D eigenvalue weighted by Gasteiger charge is -2.23. The van der Waals surface area contributed by atoms with Crippen LogP contribution in [0.1, 0.15) is 37.4 Å². The number of halogens is 1. The molecule has 3 heteroatoms. The van der Waals surface area contributed by atoms with Crippen molar-refractivity contribution < 1.29 is 0 Å². The van der Waals surface area contributed by atoms with Gasteiger partial charge in [-0.15, -0.1) is 0 Å². The van der Waals surface area contributed by atoms with Crippen LogP contribution in [0, 0.1) is 5.92 Å². The van der Waals surface area contributed by atoms with Crippen LogP contribution in [0.5, 0.6) is 0 Å². The highest BCUT2D eigenvalue weighted by Crippen LogP contribution is 2.28. The molecule has 1 unspecified atom stereocenters. The predicted molar refractivity (Wildman–Crippen MR) is 82.9 cm³/mol. The highest BCUT2D eigenvalue weighted by molar-refractivity contribution is 6.30. The summed E-state index contributed by atoms with van der Waals surface area (Å²) in [5.74, 6) is 1.63. The standard InChI is InChI=1S/C17H19ClN2/c1-2-3-12-4-9-16-14(10-12)11-19-17(20-16)13-5-7-15(18)8-6-13/h5-8,11-12H,2-4,9-10H2,1H3. The molecule has 1 aromatic carbocycles. The highest BCUT2D eigenvalue weighted by atomic mass is 35.5. The van der Waals surface area contributed by atoms with Crippen LogP contribution in [0.2, 0.25) is 5.02 Å². The first-order valence-corrected chi connectivity index (χ1v) is 7.74. The summed E-state index contributed by atoms with van der Waals surface area (Å²) in [6.45, 7) is 2.26. The SMILES string of the molecule is CCCC1CCc2nc(-c3ccc(Cl)cc3)ncc2C1. The van der Waals surface area contributed by atoms with Gasteiger partial charge in [0.2, 0.25) is 0 Å². The molecule has 1 heterocycles. The number of rotatable bonds is 3. The van der Waals surface area contributed by atoms with Crippen LogP contribution in [0.4, 0.5) is 0 Å². The monoisotopic (exact) mass is 286 g/mol. The molecule has 0 aliphatic heterocycles. The van der Waals surface area contributed by atoms with E-state index in [1.165, 1.54) is 30.5 Å². The summed E-state index contributed by atoms with van der Waals surface area (Å²) in [5.41, 5.74) is 3.61. The second-order valence-electron chi connectivity index (χ2n) is 5.57. The Labute approximate surface area is 125 Å². The van der Waals surface area contributed by atoms with Crippen molar-refractivity contribution in [3.05, 3.63) is 46.7 Å². The van der Waals surface area contributed by atoms with Crippen molar-refractivity contribution in [3.63, 3.8) is 0 Å². The smallest absolute Gasteiger partial charge is 0.159 e. The van der Waals surface area contributed by atoms with Crippen molar-refractivity contribution in [2.45, 2.75) is 39.0 Å². The van der Waals surface area contributed by atoms with Gasteiger partial charge in [0.15, 0.2) is 5.82 Å². The van der Waals surface area contributed by atoms with E-state index in [9.17, 15) is 0 Å². The Morgan fingerprint density at radius 3 is 2.80 bits per heavy atom. The number of benzene rings is 1. The van der Waals surface area contributed by atoms with E-state index in [1.807, 2.05) is 30.5 Å². The predicted octanol–water partition coefficient (Wildman–Crippen LogP) is 4.70. The zero-order chi connectivity index (χ0) is 13.9. The fraction of sp³-hybridized carbons (Fsp3) is 0.412. The molecule has 0 radical (unpaired) electrons. The maximum absolute atomic E-state index is 5.92. The first-order valence-electron chi connectivity index (χ1n) is 7.37. The largest absolute Gasteiger partial charge is 0.236 e. The van der Waals surface area contributed by atoms with Gasteiger partial charge in [-0.3, -0.25) is 0 Å².